The first-order valence-corrected chi connectivity index (χ1v) is 12.3. The number of halogens is 1. The van der Waals surface area contributed by atoms with Crippen molar-refractivity contribution in [3.05, 3.63) is 58.4 Å². The average Bonchev–Trinajstić information content (AvgIpc) is 3.69. The molecule has 1 aliphatic carbocycles. The number of rotatable bonds is 9. The minimum absolute atomic E-state index is 0.187. The van der Waals surface area contributed by atoms with Gasteiger partial charge in [-0.3, -0.25) is 24.4 Å². The van der Waals surface area contributed by atoms with Crippen molar-refractivity contribution < 1.29 is 24.6 Å². The Balaban J connectivity index is 1.38. The van der Waals surface area contributed by atoms with Crippen molar-refractivity contribution in [1.29, 1.82) is 5.26 Å². The van der Waals surface area contributed by atoms with Crippen LogP contribution in [-0.4, -0.2) is 64.7 Å². The molecule has 0 bridgehead atoms. The number of hydrogen-bond donors (Lipinski definition) is 6. The highest BCUT2D eigenvalue weighted by Crippen LogP contribution is 2.48. The second-order valence-corrected chi connectivity index (χ2v) is 9.62. The SMILES string of the molecule is N#CC1(c2cc(Cl)cc([C@H](CC(=O)O)NC(=O)CNC(=O)c3cncc(NC4=NCC(O)CN4)c3)c2)CC1. The number of amides is 2. The lowest BCUT2D eigenvalue weighted by Crippen LogP contribution is -2.42. The molecule has 2 aliphatic rings. The maximum atomic E-state index is 12.7. The minimum Gasteiger partial charge on any atom is -0.481 e. The van der Waals surface area contributed by atoms with E-state index >= 15 is 0 Å². The molecule has 0 radical (unpaired) electrons. The number of aliphatic carboxylic acids is 1. The number of pyridine rings is 1. The Morgan fingerprint density at radius 2 is 2.03 bits per heavy atom. The third-order valence-corrected chi connectivity index (χ3v) is 6.41. The van der Waals surface area contributed by atoms with Gasteiger partial charge in [-0.2, -0.15) is 5.26 Å². The molecule has 6 N–H and O–H groups in total. The number of carbonyl (C=O) groups excluding carboxylic acids is 2. The molecule has 1 aliphatic heterocycles. The molecule has 4 rings (SSSR count). The number of aliphatic hydroxyl groups excluding tert-OH is 1. The van der Waals surface area contributed by atoms with E-state index in [0.29, 0.717) is 47.2 Å². The molecule has 1 unspecified atom stereocenters. The van der Waals surface area contributed by atoms with E-state index in [1.807, 2.05) is 0 Å². The van der Waals surface area contributed by atoms with E-state index in [-0.39, 0.29) is 12.1 Å². The summed E-state index contributed by atoms with van der Waals surface area (Å²) in [7, 11) is 0. The van der Waals surface area contributed by atoms with E-state index in [4.69, 9.17) is 11.6 Å². The summed E-state index contributed by atoms with van der Waals surface area (Å²) in [5, 5.41) is 39.8. The lowest BCUT2D eigenvalue weighted by Gasteiger charge is -2.20. The van der Waals surface area contributed by atoms with E-state index in [9.17, 15) is 29.9 Å². The fourth-order valence-electron chi connectivity index (χ4n) is 4.00. The summed E-state index contributed by atoms with van der Waals surface area (Å²) in [6.45, 7) is 0.179. The number of anilines is 1. The Hall–Kier alpha value is -4.21. The van der Waals surface area contributed by atoms with Gasteiger partial charge >= 0.3 is 5.97 Å². The van der Waals surface area contributed by atoms with Crippen LogP contribution < -0.4 is 21.3 Å². The second kappa shape index (κ2) is 11.5. The van der Waals surface area contributed by atoms with Crippen LogP contribution in [0.3, 0.4) is 0 Å². The number of nitriles is 1. The smallest absolute Gasteiger partial charge is 0.305 e. The lowest BCUT2D eigenvalue weighted by molar-refractivity contribution is -0.137. The summed E-state index contributed by atoms with van der Waals surface area (Å²) >= 11 is 6.25. The van der Waals surface area contributed by atoms with Crippen LogP contribution in [0.5, 0.6) is 0 Å². The molecule has 1 aromatic carbocycles. The number of aliphatic imine (C=N–C) groups is 1. The van der Waals surface area contributed by atoms with Gasteiger partial charge in [0.05, 0.1) is 60.6 Å². The highest BCUT2D eigenvalue weighted by Gasteiger charge is 2.45. The third-order valence-electron chi connectivity index (χ3n) is 6.19. The van der Waals surface area contributed by atoms with E-state index < -0.39 is 48.3 Å². The van der Waals surface area contributed by atoms with Gasteiger partial charge < -0.3 is 31.5 Å². The van der Waals surface area contributed by atoms with E-state index in [2.05, 4.69) is 37.3 Å². The number of nitrogens with one attached hydrogen (secondary N) is 4. The molecule has 13 heteroatoms. The maximum absolute atomic E-state index is 12.7. The Kier molecular flexibility index (Phi) is 8.09. The first-order chi connectivity index (χ1) is 18.2. The first-order valence-electron chi connectivity index (χ1n) is 11.9. The number of benzene rings is 1. The molecule has 2 atom stereocenters. The van der Waals surface area contributed by atoms with Crippen LogP contribution in [0.25, 0.3) is 0 Å². The highest BCUT2D eigenvalue weighted by atomic mass is 35.5. The molecule has 0 spiro atoms. The van der Waals surface area contributed by atoms with Crippen molar-refractivity contribution >= 4 is 41.0 Å². The van der Waals surface area contributed by atoms with Crippen LogP contribution in [-0.2, 0) is 15.0 Å². The van der Waals surface area contributed by atoms with Gasteiger partial charge in [-0.05, 0) is 42.2 Å². The molecular weight excluding hydrogens is 514 g/mol. The molecule has 2 amide bonds. The molecule has 1 fully saturated rings. The normalized spacial score (nSPS) is 18.1. The predicted octanol–water partition coefficient (Wildman–Crippen LogP) is 1.08. The van der Waals surface area contributed by atoms with Crippen molar-refractivity contribution in [2.75, 3.05) is 25.0 Å². The van der Waals surface area contributed by atoms with Crippen LogP contribution in [0.1, 0.15) is 46.8 Å². The quantitative estimate of drug-likeness (QED) is 0.271. The monoisotopic (exact) mass is 539 g/mol. The standard InChI is InChI=1S/C25H26ClN7O5/c26-17-4-14(3-16(6-17)25(13-27)1-2-25)20(7-22(36)37)33-21(35)12-29-23(38)15-5-18(9-28-8-15)32-24-30-10-19(34)11-31-24/h3-6,8-9,19-20,34H,1-2,7,10-12H2,(H,29,38)(H,33,35)(H,36,37)(H2,30,31,32)/t20-/m0/s1. The van der Waals surface area contributed by atoms with E-state index in [1.54, 1.807) is 18.2 Å². The van der Waals surface area contributed by atoms with Gasteiger partial charge in [0.25, 0.3) is 5.91 Å². The summed E-state index contributed by atoms with van der Waals surface area (Å²) in [6, 6.07) is 7.83. The fourth-order valence-corrected chi connectivity index (χ4v) is 4.24. The molecule has 1 aromatic heterocycles. The topological polar surface area (TPSA) is 189 Å². The van der Waals surface area contributed by atoms with Gasteiger partial charge in [0.1, 0.15) is 0 Å². The van der Waals surface area contributed by atoms with Crippen LogP contribution in [0.2, 0.25) is 5.02 Å². The summed E-state index contributed by atoms with van der Waals surface area (Å²) in [4.78, 5) is 45.0. The summed E-state index contributed by atoms with van der Waals surface area (Å²) in [5.41, 5.74) is 1.18. The Labute approximate surface area is 223 Å². The number of aromatic nitrogens is 1. The molecule has 2 aromatic rings. The van der Waals surface area contributed by atoms with Gasteiger partial charge in [-0.25, -0.2) is 0 Å². The van der Waals surface area contributed by atoms with Gasteiger partial charge in [0.15, 0.2) is 5.96 Å². The Bertz CT molecular complexity index is 1320. The molecule has 38 heavy (non-hydrogen) atoms. The van der Waals surface area contributed by atoms with Crippen LogP contribution in [0.4, 0.5) is 5.69 Å². The van der Waals surface area contributed by atoms with Crippen LogP contribution in [0, 0.1) is 11.3 Å². The van der Waals surface area contributed by atoms with E-state index in [1.165, 1.54) is 18.5 Å². The maximum Gasteiger partial charge on any atom is 0.305 e. The molecule has 198 valence electrons. The number of carbonyl (C=O) groups is 3. The third kappa shape index (κ3) is 6.76. The van der Waals surface area contributed by atoms with Gasteiger partial charge in [-0.1, -0.05) is 17.7 Å². The van der Waals surface area contributed by atoms with Crippen molar-refractivity contribution in [1.82, 2.24) is 20.9 Å². The number of aliphatic hydroxyl groups is 1. The minimum atomic E-state index is -1.13. The van der Waals surface area contributed by atoms with Crippen molar-refractivity contribution in [2.45, 2.75) is 36.8 Å². The molecule has 12 nitrogen and oxygen atoms in total. The van der Waals surface area contributed by atoms with Crippen LogP contribution in [0.15, 0.2) is 41.7 Å². The largest absolute Gasteiger partial charge is 0.481 e. The van der Waals surface area contributed by atoms with Gasteiger partial charge in [0, 0.05) is 17.8 Å². The van der Waals surface area contributed by atoms with Crippen molar-refractivity contribution in [3.63, 3.8) is 0 Å². The van der Waals surface area contributed by atoms with E-state index in [0.717, 1.165) is 0 Å². The number of guanidine groups is 1. The van der Waals surface area contributed by atoms with Crippen molar-refractivity contribution in [2.24, 2.45) is 4.99 Å². The van der Waals surface area contributed by atoms with Crippen molar-refractivity contribution in [3.8, 4) is 6.07 Å². The first kappa shape index (κ1) is 26.8. The average molecular weight is 540 g/mol. The molecule has 2 heterocycles. The number of carboxylic acid groups (broad SMARTS) is 1. The second-order valence-electron chi connectivity index (χ2n) is 9.18. The Morgan fingerprint density at radius 1 is 1.24 bits per heavy atom. The zero-order valence-corrected chi connectivity index (χ0v) is 21.0. The number of carboxylic acids is 1. The lowest BCUT2D eigenvalue weighted by atomic mass is 9.93. The number of β-amino-alcohol motifs (C(OH)–C–C–N with tert-alkyl or cyclic N) is 1. The van der Waals surface area contributed by atoms with Crippen LogP contribution >= 0.6 is 11.6 Å². The summed E-state index contributed by atoms with van der Waals surface area (Å²) in [6.07, 6.45) is 3.22. The number of nitrogens with zero attached hydrogens (tertiary/aromatic N) is 3. The zero-order chi connectivity index (χ0) is 27.3. The number of hydrogen-bond acceptors (Lipinski definition) is 9. The zero-order valence-electron chi connectivity index (χ0n) is 20.2. The predicted molar refractivity (Wildman–Crippen MR) is 138 cm³/mol. The highest BCUT2D eigenvalue weighted by molar-refractivity contribution is 6.30. The summed E-state index contributed by atoms with van der Waals surface area (Å²) in [5.74, 6) is -1.86. The van der Waals surface area contributed by atoms with Gasteiger partial charge in [-0.15, -0.1) is 0 Å². The fraction of sp³-hybridized carbons (Fsp3) is 0.360. The molecular formula is C25H26ClN7O5. The van der Waals surface area contributed by atoms with Gasteiger partial charge in [0.2, 0.25) is 5.91 Å². The molecule has 1 saturated carbocycles. The summed E-state index contributed by atoms with van der Waals surface area (Å²) < 4.78 is 0. The molecule has 0 saturated heterocycles. The Morgan fingerprint density at radius 3 is 2.68 bits per heavy atom.